The maximum Gasteiger partial charge on any atom is 0.319 e. The van der Waals surface area contributed by atoms with E-state index >= 15 is 0 Å². The molecule has 2 N–H and O–H groups in total. The van der Waals surface area contributed by atoms with E-state index in [0.717, 1.165) is 16.2 Å². The van der Waals surface area contributed by atoms with Crippen LogP contribution in [0.4, 0.5) is 5.69 Å². The number of carbonyl (C=O) groups is 3. The van der Waals surface area contributed by atoms with Crippen molar-refractivity contribution in [1.29, 1.82) is 5.26 Å². The number of methoxy groups -OCH3 is 2. The highest BCUT2D eigenvalue weighted by atomic mass is 79.9. The Hall–Kier alpha value is -2.52. The topological polar surface area (TPSA) is 118 Å². The van der Waals surface area contributed by atoms with E-state index in [1.807, 2.05) is 0 Å². The Labute approximate surface area is 227 Å². The van der Waals surface area contributed by atoms with Crippen LogP contribution in [0.3, 0.4) is 0 Å². The number of nitrogens with one attached hydrogen (secondary N) is 2. The van der Waals surface area contributed by atoms with Crippen molar-refractivity contribution >= 4 is 78.7 Å². The fourth-order valence-electron chi connectivity index (χ4n) is 3.47. The fourth-order valence-corrected chi connectivity index (χ4v) is 5.60. The molecule has 0 bridgehead atoms. The quantitative estimate of drug-likeness (QED) is 0.323. The van der Waals surface area contributed by atoms with Crippen LogP contribution in [0.25, 0.3) is 0 Å². The monoisotopic (exact) mass is 641 g/mol. The second kappa shape index (κ2) is 11.9. The summed E-state index contributed by atoms with van der Waals surface area (Å²) < 4.78 is 11.4. The molecule has 1 heterocycles. The Morgan fingerprint density at radius 2 is 1.97 bits per heavy atom. The average molecular weight is 644 g/mol. The van der Waals surface area contributed by atoms with Crippen LogP contribution in [0.5, 0.6) is 5.75 Å². The Balaban J connectivity index is 1.92. The number of rotatable bonds is 7. The summed E-state index contributed by atoms with van der Waals surface area (Å²) in [5.74, 6) is -3.58. The molecule has 3 rings (SSSR count). The number of ether oxygens (including phenoxy) is 2. The van der Waals surface area contributed by atoms with E-state index < -0.39 is 29.6 Å². The number of amides is 2. The van der Waals surface area contributed by atoms with Gasteiger partial charge in [0.05, 0.1) is 51.8 Å². The summed E-state index contributed by atoms with van der Waals surface area (Å²) >= 11 is 13.8. The summed E-state index contributed by atoms with van der Waals surface area (Å²) in [6, 6.07) is 12.1. The third kappa shape index (κ3) is 6.19. The van der Waals surface area contributed by atoms with E-state index in [1.54, 1.807) is 36.4 Å². The molecule has 2 aromatic carbocycles. The van der Waals surface area contributed by atoms with Crippen LogP contribution in [0.15, 0.2) is 55.9 Å². The van der Waals surface area contributed by atoms with Crippen molar-refractivity contribution in [3.05, 3.63) is 66.5 Å². The zero-order valence-electron chi connectivity index (χ0n) is 18.4. The van der Waals surface area contributed by atoms with Gasteiger partial charge in [-0.3, -0.25) is 14.4 Å². The molecule has 2 atom stereocenters. The molecule has 0 aliphatic carbocycles. The van der Waals surface area contributed by atoms with Crippen molar-refractivity contribution < 1.29 is 23.9 Å². The van der Waals surface area contributed by atoms with Gasteiger partial charge in [0.2, 0.25) is 11.8 Å². The van der Waals surface area contributed by atoms with Gasteiger partial charge in [-0.2, -0.15) is 5.26 Å². The Morgan fingerprint density at radius 3 is 2.57 bits per heavy atom. The number of hydrogen-bond acceptors (Lipinski definition) is 7. The van der Waals surface area contributed by atoms with Crippen molar-refractivity contribution in [3.8, 4) is 11.8 Å². The van der Waals surface area contributed by atoms with E-state index in [4.69, 9.17) is 21.1 Å². The van der Waals surface area contributed by atoms with Crippen molar-refractivity contribution in [2.45, 2.75) is 5.92 Å². The molecule has 0 spiro atoms. The molecule has 182 valence electrons. The van der Waals surface area contributed by atoms with Gasteiger partial charge in [0.25, 0.3) is 0 Å². The first-order valence-corrected chi connectivity index (χ1v) is 12.9. The number of esters is 1. The average Bonchev–Trinajstić information content (AvgIpc) is 2.83. The van der Waals surface area contributed by atoms with Gasteiger partial charge in [-0.15, -0.1) is 0 Å². The molecule has 0 saturated carbocycles. The number of thioether (sulfide) groups is 1. The molecule has 12 heteroatoms. The van der Waals surface area contributed by atoms with Crippen molar-refractivity contribution in [3.63, 3.8) is 0 Å². The lowest BCUT2D eigenvalue weighted by Gasteiger charge is -2.31. The molecule has 0 unspecified atom stereocenters. The lowest BCUT2D eigenvalue weighted by atomic mass is 9.78. The van der Waals surface area contributed by atoms with Gasteiger partial charge >= 0.3 is 5.97 Å². The summed E-state index contributed by atoms with van der Waals surface area (Å²) in [6.07, 6.45) is 0. The minimum atomic E-state index is -1.28. The van der Waals surface area contributed by atoms with Gasteiger partial charge in [-0.1, -0.05) is 45.4 Å². The largest absolute Gasteiger partial charge is 0.496 e. The molecule has 0 fully saturated rings. The lowest BCUT2D eigenvalue weighted by molar-refractivity contribution is -0.150. The summed E-state index contributed by atoms with van der Waals surface area (Å²) in [6.45, 7) is 0. The molecular formula is C23H18Br2ClN3O5S. The first kappa shape index (κ1) is 27.1. The van der Waals surface area contributed by atoms with Crippen LogP contribution in [0.1, 0.15) is 11.5 Å². The molecule has 1 aliphatic rings. The number of halogens is 3. The van der Waals surface area contributed by atoms with Crippen molar-refractivity contribution in [1.82, 2.24) is 5.32 Å². The number of nitrogens with zero attached hydrogens (tertiary/aromatic N) is 1. The molecule has 0 radical (unpaired) electrons. The van der Waals surface area contributed by atoms with Crippen molar-refractivity contribution in [2.75, 3.05) is 25.3 Å². The number of carbonyl (C=O) groups excluding carboxylic acids is 3. The Bertz CT molecular complexity index is 1260. The predicted octanol–water partition coefficient (Wildman–Crippen LogP) is 4.98. The zero-order chi connectivity index (χ0) is 25.7. The Morgan fingerprint density at radius 1 is 1.23 bits per heavy atom. The molecular weight excluding hydrogens is 626 g/mol. The second-order valence-corrected chi connectivity index (χ2v) is 10.3. The van der Waals surface area contributed by atoms with Crippen LogP contribution in [0, 0.1) is 17.2 Å². The SMILES string of the molecule is COC(=O)[C@@H]1C(=O)NC(SCC(=O)Nc2ccc(Br)cc2Cl)=C(C#N)[C@H]1c1ccc(OC)c(Br)c1. The first-order chi connectivity index (χ1) is 16.7. The predicted molar refractivity (Wildman–Crippen MR) is 140 cm³/mol. The van der Waals surface area contributed by atoms with Crippen LogP contribution < -0.4 is 15.4 Å². The Kier molecular flexibility index (Phi) is 9.24. The minimum Gasteiger partial charge on any atom is -0.496 e. The number of benzene rings is 2. The van der Waals surface area contributed by atoms with Crippen LogP contribution in [-0.4, -0.2) is 37.8 Å². The second-order valence-electron chi connectivity index (χ2n) is 7.18. The summed E-state index contributed by atoms with van der Waals surface area (Å²) in [7, 11) is 2.68. The van der Waals surface area contributed by atoms with Gasteiger partial charge in [-0.05, 0) is 51.8 Å². The van der Waals surface area contributed by atoms with Gasteiger partial charge < -0.3 is 20.1 Å². The summed E-state index contributed by atoms with van der Waals surface area (Å²) in [5.41, 5.74) is 1.09. The molecule has 1 aliphatic heterocycles. The third-order valence-corrected chi connectivity index (χ3v) is 7.51. The van der Waals surface area contributed by atoms with Gasteiger partial charge in [0.15, 0.2) is 0 Å². The molecule has 8 nitrogen and oxygen atoms in total. The molecule has 0 saturated heterocycles. The van der Waals surface area contributed by atoms with E-state index in [0.29, 0.717) is 26.5 Å². The molecule has 35 heavy (non-hydrogen) atoms. The molecule has 2 aromatic rings. The maximum atomic E-state index is 12.9. The van der Waals surface area contributed by atoms with E-state index in [1.165, 1.54) is 14.2 Å². The number of allylic oxidation sites excluding steroid dienone is 1. The summed E-state index contributed by atoms with van der Waals surface area (Å²) in [5, 5.41) is 15.8. The normalized spacial score (nSPS) is 17.3. The van der Waals surface area contributed by atoms with Crippen LogP contribution in [-0.2, 0) is 19.1 Å². The highest BCUT2D eigenvalue weighted by molar-refractivity contribution is 9.10. The van der Waals surface area contributed by atoms with Crippen LogP contribution in [0.2, 0.25) is 5.02 Å². The van der Waals surface area contributed by atoms with E-state index in [-0.39, 0.29) is 16.4 Å². The van der Waals surface area contributed by atoms with E-state index in [2.05, 4.69) is 48.6 Å². The zero-order valence-corrected chi connectivity index (χ0v) is 23.1. The van der Waals surface area contributed by atoms with Gasteiger partial charge in [0, 0.05) is 10.4 Å². The lowest BCUT2D eigenvalue weighted by Crippen LogP contribution is -2.44. The fraction of sp³-hybridized carbons (Fsp3) is 0.217. The van der Waals surface area contributed by atoms with E-state index in [9.17, 15) is 19.6 Å². The minimum absolute atomic E-state index is 0.116. The molecule has 0 aromatic heterocycles. The maximum absolute atomic E-state index is 12.9. The molecule has 2 amide bonds. The standard InChI is InChI=1S/C23H18Br2ClN3O5S/c1-33-17-6-3-11(7-14(17)25)19-13(9-27)22(29-21(31)20(19)23(32)34-2)35-10-18(30)28-16-5-4-12(24)8-15(16)26/h3-8,19-20H,10H2,1-2H3,(H,28,30)(H,29,31)/t19-,20+/m1/s1. The summed E-state index contributed by atoms with van der Waals surface area (Å²) in [4.78, 5) is 38.0. The number of hydrogen-bond donors (Lipinski definition) is 2. The van der Waals surface area contributed by atoms with Crippen LogP contribution >= 0.6 is 55.2 Å². The smallest absolute Gasteiger partial charge is 0.319 e. The third-order valence-electron chi connectivity index (χ3n) is 5.07. The highest BCUT2D eigenvalue weighted by Gasteiger charge is 2.44. The van der Waals surface area contributed by atoms with Crippen molar-refractivity contribution in [2.24, 2.45) is 5.92 Å². The highest BCUT2D eigenvalue weighted by Crippen LogP contribution is 2.42. The number of nitriles is 1. The van der Waals surface area contributed by atoms with Gasteiger partial charge in [-0.25, -0.2) is 0 Å². The van der Waals surface area contributed by atoms with Gasteiger partial charge in [0.1, 0.15) is 11.7 Å². The number of anilines is 1. The first-order valence-electron chi connectivity index (χ1n) is 9.94.